The maximum atomic E-state index is 12.7. The molecule has 7 heteroatoms. The summed E-state index contributed by atoms with van der Waals surface area (Å²) in [7, 11) is 0. The van der Waals surface area contributed by atoms with Crippen molar-refractivity contribution in [2.75, 3.05) is 13.1 Å². The Bertz CT molecular complexity index is 713. The number of rotatable bonds is 0. The van der Waals surface area contributed by atoms with Gasteiger partial charge < -0.3 is 10.1 Å². The van der Waals surface area contributed by atoms with Crippen LogP contribution in [0.3, 0.4) is 0 Å². The summed E-state index contributed by atoms with van der Waals surface area (Å²) in [6.45, 7) is 9.03. The summed E-state index contributed by atoms with van der Waals surface area (Å²) in [6.07, 6.45) is 2.62. The zero-order valence-electron chi connectivity index (χ0n) is 14.6. The van der Waals surface area contributed by atoms with E-state index in [2.05, 4.69) is 15.4 Å². The van der Waals surface area contributed by atoms with Crippen molar-refractivity contribution in [1.82, 2.24) is 25.5 Å². The minimum Gasteiger partial charge on any atom is -0.442 e. The third-order valence-electron chi connectivity index (χ3n) is 4.63. The zero-order chi connectivity index (χ0) is 16.9. The molecule has 4 rings (SSSR count). The van der Waals surface area contributed by atoms with Crippen molar-refractivity contribution in [3.63, 3.8) is 0 Å². The zero-order valence-corrected chi connectivity index (χ0v) is 14.6. The monoisotopic (exact) mass is 331 g/mol. The number of ether oxygens (including phenoxy) is 1. The van der Waals surface area contributed by atoms with Crippen LogP contribution in [-0.4, -0.2) is 39.6 Å². The van der Waals surface area contributed by atoms with Crippen LogP contribution in [0, 0.1) is 0 Å². The molecule has 130 valence electrons. The van der Waals surface area contributed by atoms with Gasteiger partial charge in [0.25, 0.3) is 0 Å². The molecule has 7 nitrogen and oxygen atoms in total. The van der Waals surface area contributed by atoms with Gasteiger partial charge in [0.15, 0.2) is 0 Å². The third kappa shape index (κ3) is 2.61. The van der Waals surface area contributed by atoms with Crippen LogP contribution in [0.15, 0.2) is 5.57 Å². The molecule has 1 aromatic heterocycles. The van der Waals surface area contributed by atoms with E-state index in [0.29, 0.717) is 6.54 Å². The van der Waals surface area contributed by atoms with Crippen LogP contribution in [0.5, 0.6) is 0 Å². The summed E-state index contributed by atoms with van der Waals surface area (Å²) in [5.41, 5.74) is 8.39. The van der Waals surface area contributed by atoms with Crippen LogP contribution in [-0.2, 0) is 24.2 Å². The van der Waals surface area contributed by atoms with Crippen molar-refractivity contribution in [2.24, 2.45) is 0 Å². The van der Waals surface area contributed by atoms with Gasteiger partial charge in [-0.1, -0.05) is 0 Å². The minimum atomic E-state index is -0.520. The fraction of sp³-hybridized carbons (Fsp3) is 0.647. The Balaban J connectivity index is 1.76. The van der Waals surface area contributed by atoms with Gasteiger partial charge >= 0.3 is 6.09 Å². The van der Waals surface area contributed by atoms with Crippen molar-refractivity contribution in [2.45, 2.75) is 58.7 Å². The summed E-state index contributed by atoms with van der Waals surface area (Å²) in [5, 5.41) is 9.84. The van der Waals surface area contributed by atoms with E-state index in [-0.39, 0.29) is 6.09 Å². The summed E-state index contributed by atoms with van der Waals surface area (Å²) in [6, 6.07) is 0. The summed E-state index contributed by atoms with van der Waals surface area (Å²) >= 11 is 0. The molecule has 0 aliphatic carbocycles. The highest BCUT2D eigenvalue weighted by Gasteiger charge is 2.37. The number of hydrogen-bond acceptors (Lipinski definition) is 5. The summed E-state index contributed by atoms with van der Waals surface area (Å²) in [4.78, 5) is 12.7. The van der Waals surface area contributed by atoms with E-state index in [9.17, 15) is 4.79 Å². The number of carbonyl (C=O) groups is 1. The number of aromatic nitrogens is 2. The Labute approximate surface area is 142 Å². The average Bonchev–Trinajstić information content (AvgIpc) is 3.02. The van der Waals surface area contributed by atoms with Crippen LogP contribution < -0.4 is 10.7 Å². The number of hydrogen-bond donors (Lipinski definition) is 2. The van der Waals surface area contributed by atoms with Crippen molar-refractivity contribution in [3.8, 4) is 0 Å². The predicted molar refractivity (Wildman–Crippen MR) is 89.9 cm³/mol. The molecular formula is C17H25N5O2. The van der Waals surface area contributed by atoms with Gasteiger partial charge in [-0.25, -0.2) is 15.2 Å². The first-order valence-corrected chi connectivity index (χ1v) is 8.72. The standard InChI is InChI=1S/C17H25N5O2/c1-17(2,3)24-16(23)22-14-11(9-19-22)5-4-8-21-15(14)12-10-18-7-6-13(12)20-21/h18-19H,4-10H2,1-3H3. The second-order valence-corrected chi connectivity index (χ2v) is 7.63. The van der Waals surface area contributed by atoms with Crippen molar-refractivity contribution >= 4 is 11.8 Å². The van der Waals surface area contributed by atoms with Gasteiger partial charge in [0.05, 0.1) is 17.1 Å². The van der Waals surface area contributed by atoms with E-state index in [0.717, 1.165) is 56.0 Å². The van der Waals surface area contributed by atoms with E-state index >= 15 is 0 Å². The van der Waals surface area contributed by atoms with Crippen LogP contribution in [0.1, 0.15) is 50.6 Å². The number of fused-ring (bicyclic) bond motifs is 4. The topological polar surface area (TPSA) is 71.4 Å². The molecule has 0 spiro atoms. The Morgan fingerprint density at radius 1 is 1.25 bits per heavy atom. The molecule has 0 radical (unpaired) electrons. The molecule has 3 aliphatic heterocycles. The summed E-state index contributed by atoms with van der Waals surface area (Å²) < 4.78 is 7.68. The molecule has 0 fully saturated rings. The van der Waals surface area contributed by atoms with Gasteiger partial charge in [-0.2, -0.15) is 5.10 Å². The molecule has 2 N–H and O–H groups in total. The second kappa shape index (κ2) is 5.60. The fourth-order valence-electron chi connectivity index (χ4n) is 3.66. The first-order chi connectivity index (χ1) is 11.4. The number of hydrazine groups is 1. The molecule has 0 saturated carbocycles. The van der Waals surface area contributed by atoms with E-state index in [1.54, 1.807) is 5.01 Å². The lowest BCUT2D eigenvalue weighted by Gasteiger charge is -2.26. The highest BCUT2D eigenvalue weighted by atomic mass is 16.6. The molecule has 0 atom stereocenters. The summed E-state index contributed by atoms with van der Waals surface area (Å²) in [5.74, 6) is 0. The number of nitrogens with one attached hydrogen (secondary N) is 2. The first-order valence-electron chi connectivity index (χ1n) is 8.72. The lowest BCUT2D eigenvalue weighted by Crippen LogP contribution is -2.41. The number of aryl methyl sites for hydroxylation is 1. The van der Waals surface area contributed by atoms with Gasteiger partial charge in [0.2, 0.25) is 0 Å². The van der Waals surface area contributed by atoms with Gasteiger partial charge in [0.1, 0.15) is 5.60 Å². The van der Waals surface area contributed by atoms with Crippen LogP contribution >= 0.6 is 0 Å². The Kier molecular flexibility index (Phi) is 3.65. The Hall–Kier alpha value is -1.86. The van der Waals surface area contributed by atoms with E-state index in [1.165, 1.54) is 11.1 Å². The maximum Gasteiger partial charge on any atom is 0.429 e. The van der Waals surface area contributed by atoms with Crippen LogP contribution in [0.4, 0.5) is 4.79 Å². The molecule has 0 aromatic carbocycles. The molecule has 1 amide bonds. The van der Waals surface area contributed by atoms with Crippen LogP contribution in [0.2, 0.25) is 0 Å². The highest BCUT2D eigenvalue weighted by molar-refractivity contribution is 5.85. The number of amides is 1. The molecule has 3 aliphatic rings. The lowest BCUT2D eigenvalue weighted by atomic mass is 10.0. The van der Waals surface area contributed by atoms with Crippen LogP contribution in [0.25, 0.3) is 5.70 Å². The molecule has 0 saturated heterocycles. The second-order valence-electron chi connectivity index (χ2n) is 7.63. The van der Waals surface area contributed by atoms with E-state index < -0.39 is 5.60 Å². The smallest absolute Gasteiger partial charge is 0.429 e. The normalized spacial score (nSPS) is 20.4. The maximum absolute atomic E-state index is 12.7. The number of carbonyl (C=O) groups excluding carboxylic acids is 1. The molecular weight excluding hydrogens is 306 g/mol. The molecule has 0 unspecified atom stereocenters. The van der Waals surface area contributed by atoms with Gasteiger partial charge in [0, 0.05) is 38.2 Å². The van der Waals surface area contributed by atoms with E-state index in [4.69, 9.17) is 9.84 Å². The number of nitrogens with zero attached hydrogens (tertiary/aromatic N) is 3. The third-order valence-corrected chi connectivity index (χ3v) is 4.63. The fourth-order valence-corrected chi connectivity index (χ4v) is 3.66. The van der Waals surface area contributed by atoms with E-state index in [1.807, 2.05) is 20.8 Å². The van der Waals surface area contributed by atoms with Gasteiger partial charge in [-0.05, 0) is 39.2 Å². The van der Waals surface area contributed by atoms with Gasteiger partial charge in [-0.15, -0.1) is 0 Å². The van der Waals surface area contributed by atoms with Crippen molar-refractivity contribution in [3.05, 3.63) is 22.5 Å². The highest BCUT2D eigenvalue weighted by Crippen LogP contribution is 2.36. The quantitative estimate of drug-likeness (QED) is 0.758. The minimum absolute atomic E-state index is 0.348. The van der Waals surface area contributed by atoms with Crippen molar-refractivity contribution < 1.29 is 9.53 Å². The Morgan fingerprint density at radius 2 is 2.08 bits per heavy atom. The molecule has 1 aromatic rings. The first kappa shape index (κ1) is 15.7. The largest absolute Gasteiger partial charge is 0.442 e. The SMILES string of the molecule is CC(C)(C)OC(=O)N1NCC2=C1c1c3c(nn1CCC2)CCNC3. The van der Waals surface area contributed by atoms with Gasteiger partial charge in [-0.3, -0.25) is 4.68 Å². The lowest BCUT2D eigenvalue weighted by molar-refractivity contribution is 0.0296. The molecule has 0 bridgehead atoms. The average molecular weight is 331 g/mol. The Morgan fingerprint density at radius 3 is 2.88 bits per heavy atom. The molecule has 24 heavy (non-hydrogen) atoms. The molecule has 4 heterocycles. The van der Waals surface area contributed by atoms with Crippen molar-refractivity contribution in [1.29, 1.82) is 0 Å². The predicted octanol–water partition coefficient (Wildman–Crippen LogP) is 1.79.